The van der Waals surface area contributed by atoms with Crippen LogP contribution < -0.4 is 10.2 Å². The molecule has 0 aliphatic carbocycles. The molecule has 2 aromatic carbocycles. The van der Waals surface area contributed by atoms with Crippen LogP contribution in [0.5, 0.6) is 0 Å². The number of aliphatic hydroxyl groups excluding tert-OH is 1. The Morgan fingerprint density at radius 3 is 3.07 bits per heavy atom. The SMILES string of the molecule is O=C(Cc1c[nH]c2ccc(Cl)cc12)Nc1nc2ccc(N3CCC(O)C3)cc2s1. The number of fused-ring (bicyclic) bond motifs is 2. The Morgan fingerprint density at radius 1 is 1.34 bits per heavy atom. The number of thiazole rings is 1. The van der Waals surface area contributed by atoms with Crippen molar-refractivity contribution in [2.75, 3.05) is 23.3 Å². The molecule has 6 nitrogen and oxygen atoms in total. The first-order valence-corrected chi connectivity index (χ1v) is 10.6. The van der Waals surface area contributed by atoms with Gasteiger partial charge in [-0.2, -0.15) is 0 Å². The molecule has 1 amide bonds. The van der Waals surface area contributed by atoms with Gasteiger partial charge in [0, 0.05) is 40.9 Å². The van der Waals surface area contributed by atoms with Crippen molar-refractivity contribution in [2.24, 2.45) is 0 Å². The van der Waals surface area contributed by atoms with Gasteiger partial charge in [-0.15, -0.1) is 0 Å². The summed E-state index contributed by atoms with van der Waals surface area (Å²) in [5.74, 6) is -0.118. The van der Waals surface area contributed by atoms with Gasteiger partial charge >= 0.3 is 0 Å². The number of rotatable bonds is 4. The number of aromatic amines is 1. The van der Waals surface area contributed by atoms with E-state index >= 15 is 0 Å². The Balaban J connectivity index is 1.33. The largest absolute Gasteiger partial charge is 0.391 e. The van der Waals surface area contributed by atoms with Gasteiger partial charge in [-0.3, -0.25) is 4.79 Å². The van der Waals surface area contributed by atoms with Gasteiger partial charge in [-0.25, -0.2) is 4.98 Å². The van der Waals surface area contributed by atoms with E-state index in [2.05, 4.69) is 26.3 Å². The average molecular weight is 427 g/mol. The molecule has 3 N–H and O–H groups in total. The van der Waals surface area contributed by atoms with E-state index in [1.807, 2.05) is 36.5 Å². The molecular weight excluding hydrogens is 408 g/mol. The van der Waals surface area contributed by atoms with E-state index in [0.717, 1.165) is 45.3 Å². The van der Waals surface area contributed by atoms with Crippen molar-refractivity contribution >= 4 is 60.8 Å². The Kier molecular flexibility index (Phi) is 4.66. The standard InChI is InChI=1S/C21H19ClN4O2S/c22-13-1-3-17-16(8-13)12(10-23-17)7-20(28)25-21-24-18-4-2-14(9-19(18)29-21)26-6-5-15(27)11-26/h1-4,8-10,15,23,27H,5-7,11H2,(H,24,25,28). The quantitative estimate of drug-likeness (QED) is 0.457. The van der Waals surface area contributed by atoms with Crippen LogP contribution in [-0.4, -0.2) is 40.2 Å². The van der Waals surface area contributed by atoms with Crippen LogP contribution in [0.3, 0.4) is 0 Å². The maximum Gasteiger partial charge on any atom is 0.230 e. The average Bonchev–Trinajstić information content (AvgIpc) is 3.39. The molecule has 1 aliphatic rings. The second kappa shape index (κ2) is 7.33. The summed E-state index contributed by atoms with van der Waals surface area (Å²) in [5, 5.41) is 14.9. The topological polar surface area (TPSA) is 81.2 Å². The minimum Gasteiger partial charge on any atom is -0.391 e. The minimum absolute atomic E-state index is 0.118. The number of amides is 1. The molecule has 0 bridgehead atoms. The summed E-state index contributed by atoms with van der Waals surface area (Å²) < 4.78 is 1.01. The monoisotopic (exact) mass is 426 g/mol. The number of H-pyrrole nitrogens is 1. The van der Waals surface area contributed by atoms with Crippen LogP contribution in [0.15, 0.2) is 42.6 Å². The van der Waals surface area contributed by atoms with Crippen LogP contribution in [-0.2, 0) is 11.2 Å². The number of benzene rings is 2. The number of nitrogens with zero attached hydrogens (tertiary/aromatic N) is 2. The highest BCUT2D eigenvalue weighted by atomic mass is 35.5. The zero-order chi connectivity index (χ0) is 20.0. The predicted molar refractivity (Wildman–Crippen MR) is 118 cm³/mol. The van der Waals surface area contributed by atoms with Crippen molar-refractivity contribution in [1.29, 1.82) is 0 Å². The van der Waals surface area contributed by atoms with Crippen LogP contribution in [0.2, 0.25) is 5.02 Å². The second-order valence-corrected chi connectivity index (χ2v) is 8.76. The van der Waals surface area contributed by atoms with E-state index < -0.39 is 0 Å². The van der Waals surface area contributed by atoms with Crippen LogP contribution in [0.1, 0.15) is 12.0 Å². The normalized spacial score (nSPS) is 16.8. The fraction of sp³-hybridized carbons (Fsp3) is 0.238. The molecule has 148 valence electrons. The maximum absolute atomic E-state index is 12.6. The zero-order valence-corrected chi connectivity index (χ0v) is 17.1. The van der Waals surface area contributed by atoms with Crippen molar-refractivity contribution in [3.63, 3.8) is 0 Å². The fourth-order valence-corrected chi connectivity index (χ4v) is 4.86. The van der Waals surface area contributed by atoms with Crippen molar-refractivity contribution in [3.8, 4) is 0 Å². The minimum atomic E-state index is -0.263. The second-order valence-electron chi connectivity index (χ2n) is 7.29. The number of β-amino-alcohol motifs (C(OH)–C–C–N with tert-alkyl or cyclic N) is 1. The predicted octanol–water partition coefficient (Wildman–Crippen LogP) is 4.18. The van der Waals surface area contributed by atoms with Crippen molar-refractivity contribution in [2.45, 2.75) is 18.9 Å². The summed E-state index contributed by atoms with van der Waals surface area (Å²) in [6.45, 7) is 1.51. The summed E-state index contributed by atoms with van der Waals surface area (Å²) in [6.07, 6.45) is 2.62. The molecule has 0 spiro atoms. The molecule has 1 aliphatic heterocycles. The summed E-state index contributed by atoms with van der Waals surface area (Å²) in [7, 11) is 0. The highest BCUT2D eigenvalue weighted by Gasteiger charge is 2.21. The van der Waals surface area contributed by atoms with E-state index in [9.17, 15) is 9.90 Å². The lowest BCUT2D eigenvalue weighted by molar-refractivity contribution is -0.115. The van der Waals surface area contributed by atoms with E-state index in [1.54, 1.807) is 0 Å². The van der Waals surface area contributed by atoms with Gasteiger partial charge in [0.15, 0.2) is 5.13 Å². The van der Waals surface area contributed by atoms with E-state index in [-0.39, 0.29) is 18.4 Å². The molecule has 2 aromatic heterocycles. The molecule has 0 saturated carbocycles. The van der Waals surface area contributed by atoms with E-state index in [4.69, 9.17) is 11.6 Å². The number of hydrogen-bond donors (Lipinski definition) is 3. The number of carbonyl (C=O) groups is 1. The van der Waals surface area contributed by atoms with Crippen molar-refractivity contribution in [3.05, 3.63) is 53.2 Å². The van der Waals surface area contributed by atoms with Gasteiger partial charge in [0.25, 0.3) is 0 Å². The molecule has 29 heavy (non-hydrogen) atoms. The molecule has 5 rings (SSSR count). The molecule has 1 saturated heterocycles. The lowest BCUT2D eigenvalue weighted by Gasteiger charge is -2.17. The Morgan fingerprint density at radius 2 is 2.24 bits per heavy atom. The highest BCUT2D eigenvalue weighted by molar-refractivity contribution is 7.22. The fourth-order valence-electron chi connectivity index (χ4n) is 3.77. The van der Waals surface area contributed by atoms with Crippen molar-refractivity contribution in [1.82, 2.24) is 9.97 Å². The molecule has 8 heteroatoms. The molecule has 1 atom stereocenters. The van der Waals surface area contributed by atoms with Gasteiger partial charge in [-0.05, 0) is 48.4 Å². The highest BCUT2D eigenvalue weighted by Crippen LogP contribution is 2.31. The van der Waals surface area contributed by atoms with Crippen LogP contribution in [0.4, 0.5) is 10.8 Å². The number of hydrogen-bond acceptors (Lipinski definition) is 5. The summed E-state index contributed by atoms with van der Waals surface area (Å²) in [5.41, 5.74) is 3.78. The smallest absolute Gasteiger partial charge is 0.230 e. The Bertz CT molecular complexity index is 1220. The number of anilines is 2. The summed E-state index contributed by atoms with van der Waals surface area (Å²) in [4.78, 5) is 22.4. The first-order valence-electron chi connectivity index (χ1n) is 9.44. The van der Waals surface area contributed by atoms with Gasteiger partial charge in [0.05, 0.1) is 22.7 Å². The third kappa shape index (κ3) is 3.69. The van der Waals surface area contributed by atoms with Gasteiger partial charge in [0.2, 0.25) is 5.91 Å². The third-order valence-corrected chi connectivity index (χ3v) is 6.40. The Labute approximate surface area is 176 Å². The van der Waals surface area contributed by atoms with E-state index in [1.165, 1.54) is 11.3 Å². The van der Waals surface area contributed by atoms with Crippen LogP contribution in [0, 0.1) is 0 Å². The number of nitrogens with one attached hydrogen (secondary N) is 2. The van der Waals surface area contributed by atoms with Crippen molar-refractivity contribution < 1.29 is 9.90 Å². The number of halogens is 1. The molecule has 4 aromatic rings. The molecular formula is C21H19ClN4O2S. The van der Waals surface area contributed by atoms with Gasteiger partial charge in [0.1, 0.15) is 0 Å². The molecule has 1 unspecified atom stereocenters. The molecule has 1 fully saturated rings. The zero-order valence-electron chi connectivity index (χ0n) is 15.5. The number of aliphatic hydroxyl groups is 1. The Hall–Kier alpha value is -2.61. The van der Waals surface area contributed by atoms with Crippen LogP contribution >= 0.6 is 22.9 Å². The van der Waals surface area contributed by atoms with Gasteiger partial charge in [-0.1, -0.05) is 22.9 Å². The first-order chi connectivity index (χ1) is 14.0. The van der Waals surface area contributed by atoms with E-state index in [0.29, 0.717) is 16.7 Å². The number of aromatic nitrogens is 2. The lowest BCUT2D eigenvalue weighted by Crippen LogP contribution is -2.20. The maximum atomic E-state index is 12.6. The number of carbonyl (C=O) groups excluding carboxylic acids is 1. The third-order valence-electron chi connectivity index (χ3n) is 5.23. The molecule has 3 heterocycles. The summed E-state index contributed by atoms with van der Waals surface area (Å²) >= 11 is 7.54. The lowest BCUT2D eigenvalue weighted by atomic mass is 10.1. The first kappa shape index (κ1) is 18.4. The molecule has 0 radical (unpaired) electrons. The van der Waals surface area contributed by atoms with Gasteiger partial charge < -0.3 is 20.3 Å². The van der Waals surface area contributed by atoms with Crippen LogP contribution in [0.25, 0.3) is 21.1 Å². The summed E-state index contributed by atoms with van der Waals surface area (Å²) in [6, 6.07) is 11.6.